The molecule has 15 heavy (non-hydrogen) atoms. The first-order valence-electron chi connectivity index (χ1n) is 4.74. The van der Waals surface area contributed by atoms with E-state index in [1.165, 1.54) is 12.1 Å². The third-order valence-corrected chi connectivity index (χ3v) is 2.36. The highest BCUT2D eigenvalue weighted by atomic mass is 19.1. The van der Waals surface area contributed by atoms with Gasteiger partial charge in [-0.2, -0.15) is 0 Å². The maximum absolute atomic E-state index is 12.9. The Labute approximate surface area is 87.8 Å². The summed E-state index contributed by atoms with van der Waals surface area (Å²) in [5.74, 6) is 0.629. The van der Waals surface area contributed by atoms with E-state index in [9.17, 15) is 4.39 Å². The van der Waals surface area contributed by atoms with E-state index in [-0.39, 0.29) is 5.82 Å². The molecule has 0 unspecified atom stereocenters. The van der Waals surface area contributed by atoms with Crippen molar-refractivity contribution >= 4 is 0 Å². The van der Waals surface area contributed by atoms with Crippen molar-refractivity contribution in [3.63, 3.8) is 0 Å². The molecule has 0 bridgehead atoms. The largest absolute Gasteiger partial charge is 0.308 e. The van der Waals surface area contributed by atoms with Crippen molar-refractivity contribution in [1.82, 2.24) is 9.78 Å². The average Bonchev–Trinajstić information content (AvgIpc) is 2.45. The molecular formula is C11H13FN3+. The molecule has 0 aliphatic rings. The van der Waals surface area contributed by atoms with E-state index < -0.39 is 0 Å². The van der Waals surface area contributed by atoms with Crippen LogP contribution >= 0.6 is 0 Å². The van der Waals surface area contributed by atoms with E-state index in [1.807, 2.05) is 31.9 Å². The van der Waals surface area contributed by atoms with Crippen molar-refractivity contribution in [1.29, 1.82) is 0 Å². The second kappa shape index (κ2) is 3.46. The van der Waals surface area contributed by atoms with Crippen LogP contribution in [0.3, 0.4) is 0 Å². The van der Waals surface area contributed by atoms with E-state index in [4.69, 9.17) is 0 Å². The van der Waals surface area contributed by atoms with E-state index in [2.05, 4.69) is 5.10 Å². The Balaban J connectivity index is 2.59. The smallest absolute Gasteiger partial charge is 0.233 e. The van der Waals surface area contributed by atoms with E-state index >= 15 is 0 Å². The van der Waals surface area contributed by atoms with E-state index in [0.29, 0.717) is 0 Å². The van der Waals surface area contributed by atoms with Crippen LogP contribution in [0.25, 0.3) is 11.4 Å². The summed E-state index contributed by atoms with van der Waals surface area (Å²) in [4.78, 5) is 0. The van der Waals surface area contributed by atoms with Gasteiger partial charge in [-0.3, -0.25) is 0 Å². The van der Waals surface area contributed by atoms with Gasteiger partial charge in [0.15, 0.2) is 0 Å². The number of aryl methyl sites for hydroxylation is 3. The van der Waals surface area contributed by atoms with Crippen LogP contribution in [0.5, 0.6) is 0 Å². The molecule has 0 radical (unpaired) electrons. The topological polar surface area (TPSA) is 21.7 Å². The fourth-order valence-corrected chi connectivity index (χ4v) is 1.67. The quantitative estimate of drug-likeness (QED) is 0.646. The minimum atomic E-state index is -0.213. The van der Waals surface area contributed by atoms with Gasteiger partial charge in [0.2, 0.25) is 6.33 Å². The average molecular weight is 206 g/mol. The van der Waals surface area contributed by atoms with E-state index in [1.54, 1.807) is 10.7 Å². The second-order valence-corrected chi connectivity index (χ2v) is 3.68. The Morgan fingerprint density at radius 2 is 2.13 bits per heavy atom. The maximum Gasteiger partial charge on any atom is 0.308 e. The van der Waals surface area contributed by atoms with Crippen LogP contribution in [0.2, 0.25) is 0 Å². The summed E-state index contributed by atoms with van der Waals surface area (Å²) >= 11 is 0. The molecule has 2 rings (SSSR count). The molecule has 0 saturated heterocycles. The summed E-state index contributed by atoms with van der Waals surface area (Å²) in [6, 6.07) is 4.73. The minimum Gasteiger partial charge on any atom is -0.233 e. The molecule has 0 fully saturated rings. The van der Waals surface area contributed by atoms with Crippen LogP contribution in [0.4, 0.5) is 4.39 Å². The third kappa shape index (κ3) is 1.75. The lowest BCUT2D eigenvalue weighted by Gasteiger charge is -1.99. The molecule has 1 heterocycles. The van der Waals surface area contributed by atoms with Gasteiger partial charge in [-0.25, -0.2) is 8.96 Å². The summed E-state index contributed by atoms with van der Waals surface area (Å²) in [6.45, 7) is 1.88. The van der Waals surface area contributed by atoms with Crippen LogP contribution < -0.4 is 4.57 Å². The van der Waals surface area contributed by atoms with Crippen molar-refractivity contribution in [2.24, 2.45) is 14.1 Å². The highest BCUT2D eigenvalue weighted by molar-refractivity contribution is 5.56. The Kier molecular flexibility index (Phi) is 2.26. The zero-order chi connectivity index (χ0) is 11.0. The molecule has 1 aromatic carbocycles. The van der Waals surface area contributed by atoms with Crippen molar-refractivity contribution in [2.45, 2.75) is 6.92 Å². The predicted molar refractivity (Wildman–Crippen MR) is 54.5 cm³/mol. The highest BCUT2D eigenvalue weighted by Gasteiger charge is 2.16. The number of hydrogen-bond donors (Lipinski definition) is 0. The standard InChI is InChI=1S/C11H13FN3/c1-8-6-9(12)4-5-10(8)11-13-15(3)7-14(11)2/h4-7H,1-3H3/q+1. The van der Waals surface area contributed by atoms with Crippen LogP contribution in [0.1, 0.15) is 5.56 Å². The zero-order valence-electron chi connectivity index (χ0n) is 9.03. The molecule has 78 valence electrons. The van der Waals surface area contributed by atoms with Crippen LogP contribution in [-0.2, 0) is 14.1 Å². The number of benzene rings is 1. The molecule has 0 amide bonds. The minimum absolute atomic E-state index is 0.213. The maximum atomic E-state index is 12.9. The fourth-order valence-electron chi connectivity index (χ4n) is 1.67. The molecule has 4 heteroatoms. The van der Waals surface area contributed by atoms with Gasteiger partial charge in [0.25, 0.3) is 0 Å². The first-order chi connectivity index (χ1) is 7.08. The molecule has 0 aliphatic carbocycles. The first kappa shape index (κ1) is 9.83. The lowest BCUT2D eigenvalue weighted by atomic mass is 10.1. The number of hydrogen-bond acceptors (Lipinski definition) is 1. The SMILES string of the molecule is Cc1cc(F)ccc1-c1nn(C)c[n+]1C. The normalized spacial score (nSPS) is 10.7. The predicted octanol–water partition coefficient (Wildman–Crippen LogP) is 1.36. The molecule has 0 saturated carbocycles. The molecule has 0 aliphatic heterocycles. The van der Waals surface area contributed by atoms with Crippen molar-refractivity contribution < 1.29 is 8.96 Å². The molecular weight excluding hydrogens is 193 g/mol. The summed E-state index contributed by atoms with van der Waals surface area (Å²) in [6.07, 6.45) is 1.87. The molecule has 0 N–H and O–H groups in total. The number of aromatic nitrogens is 3. The van der Waals surface area contributed by atoms with Gasteiger partial charge >= 0.3 is 5.82 Å². The lowest BCUT2D eigenvalue weighted by Crippen LogP contribution is -2.28. The first-order valence-corrected chi connectivity index (χ1v) is 4.74. The van der Waals surface area contributed by atoms with Crippen LogP contribution in [0, 0.1) is 12.7 Å². The lowest BCUT2D eigenvalue weighted by molar-refractivity contribution is -0.661. The third-order valence-electron chi connectivity index (χ3n) is 2.36. The van der Waals surface area contributed by atoms with Crippen molar-refractivity contribution in [2.75, 3.05) is 0 Å². The molecule has 1 aromatic heterocycles. The summed E-state index contributed by atoms with van der Waals surface area (Å²) in [5, 5.41) is 4.33. The van der Waals surface area contributed by atoms with Gasteiger partial charge in [-0.05, 0) is 30.7 Å². The Morgan fingerprint density at radius 1 is 1.40 bits per heavy atom. The van der Waals surface area contributed by atoms with Gasteiger partial charge in [0, 0.05) is 5.10 Å². The van der Waals surface area contributed by atoms with Crippen molar-refractivity contribution in [3.8, 4) is 11.4 Å². The summed E-state index contributed by atoms with van der Waals surface area (Å²) < 4.78 is 16.6. The monoisotopic (exact) mass is 206 g/mol. The van der Waals surface area contributed by atoms with Crippen molar-refractivity contribution in [3.05, 3.63) is 35.9 Å². The zero-order valence-corrected chi connectivity index (χ0v) is 9.03. The molecule has 3 nitrogen and oxygen atoms in total. The van der Waals surface area contributed by atoms with Crippen LogP contribution in [0.15, 0.2) is 24.5 Å². The van der Waals surface area contributed by atoms with Gasteiger partial charge in [-0.1, -0.05) is 0 Å². The van der Waals surface area contributed by atoms with Gasteiger partial charge in [0.1, 0.15) is 5.82 Å². The summed E-state index contributed by atoms with van der Waals surface area (Å²) in [7, 11) is 3.79. The Bertz CT molecular complexity index is 503. The van der Waals surface area contributed by atoms with Gasteiger partial charge in [0.05, 0.1) is 19.7 Å². The molecule has 0 spiro atoms. The second-order valence-electron chi connectivity index (χ2n) is 3.68. The highest BCUT2D eigenvalue weighted by Crippen LogP contribution is 2.18. The Morgan fingerprint density at radius 3 is 2.67 bits per heavy atom. The number of halogens is 1. The van der Waals surface area contributed by atoms with Gasteiger partial charge < -0.3 is 0 Å². The molecule has 0 atom stereocenters. The van der Waals surface area contributed by atoms with E-state index in [0.717, 1.165) is 17.0 Å². The van der Waals surface area contributed by atoms with Gasteiger partial charge in [-0.15, -0.1) is 4.68 Å². The number of rotatable bonds is 1. The fraction of sp³-hybridized carbons (Fsp3) is 0.273. The summed E-state index contributed by atoms with van der Waals surface area (Å²) in [5.41, 5.74) is 1.85. The van der Waals surface area contributed by atoms with Crippen LogP contribution in [-0.4, -0.2) is 9.78 Å². The number of nitrogens with zero attached hydrogens (tertiary/aromatic N) is 3. The molecule has 2 aromatic rings. The Hall–Kier alpha value is -1.71.